The molecule has 0 aliphatic carbocycles. The molecular weight excluding hydrogens is 317 g/mol. The fourth-order valence-electron chi connectivity index (χ4n) is 3.38. The molecule has 2 saturated heterocycles. The molecular formula is C14H16BrClFN. The molecule has 18 heavy (non-hydrogen) atoms. The van der Waals surface area contributed by atoms with Gasteiger partial charge in [0, 0.05) is 28.5 Å². The maximum atomic E-state index is 13.4. The lowest BCUT2D eigenvalue weighted by Crippen LogP contribution is -2.42. The molecule has 2 unspecified atom stereocenters. The number of nitrogens with zero attached hydrogens (tertiary/aromatic N) is 1. The molecule has 2 fully saturated rings. The molecule has 2 bridgehead atoms. The highest BCUT2D eigenvalue weighted by Crippen LogP contribution is 2.38. The first-order valence-electron chi connectivity index (χ1n) is 6.46. The van der Waals surface area contributed by atoms with E-state index >= 15 is 0 Å². The fraction of sp³-hybridized carbons (Fsp3) is 0.571. The molecule has 0 saturated carbocycles. The van der Waals surface area contributed by atoms with E-state index in [1.165, 1.54) is 18.9 Å². The molecule has 0 N–H and O–H groups in total. The van der Waals surface area contributed by atoms with E-state index in [-0.39, 0.29) is 5.82 Å². The van der Waals surface area contributed by atoms with E-state index in [9.17, 15) is 4.39 Å². The number of rotatable bonds is 2. The SMILES string of the molecule is Fc1cc(Br)cc(CN2C3CCC2CC(Cl)C3)c1. The van der Waals surface area contributed by atoms with Crippen LogP contribution in [-0.4, -0.2) is 22.4 Å². The summed E-state index contributed by atoms with van der Waals surface area (Å²) in [6, 6.07) is 6.33. The molecule has 0 spiro atoms. The van der Waals surface area contributed by atoms with Crippen molar-refractivity contribution >= 4 is 27.5 Å². The summed E-state index contributed by atoms with van der Waals surface area (Å²) in [5.74, 6) is -0.168. The maximum absolute atomic E-state index is 13.4. The fourth-order valence-corrected chi connectivity index (χ4v) is 4.30. The van der Waals surface area contributed by atoms with Gasteiger partial charge in [-0.25, -0.2) is 4.39 Å². The minimum atomic E-state index is -0.168. The van der Waals surface area contributed by atoms with E-state index in [1.54, 1.807) is 6.07 Å². The summed E-state index contributed by atoms with van der Waals surface area (Å²) in [6.45, 7) is 0.843. The van der Waals surface area contributed by atoms with Gasteiger partial charge in [-0.1, -0.05) is 15.9 Å². The van der Waals surface area contributed by atoms with Crippen LogP contribution in [-0.2, 0) is 6.54 Å². The molecule has 98 valence electrons. The van der Waals surface area contributed by atoms with Crippen LogP contribution in [0.15, 0.2) is 22.7 Å². The number of piperidine rings is 1. The Bertz CT molecular complexity index is 419. The quantitative estimate of drug-likeness (QED) is 0.729. The summed E-state index contributed by atoms with van der Waals surface area (Å²) in [5, 5.41) is 0.331. The monoisotopic (exact) mass is 331 g/mol. The molecule has 2 aliphatic heterocycles. The summed E-state index contributed by atoms with van der Waals surface area (Å²) in [5.41, 5.74) is 1.05. The molecule has 0 radical (unpaired) electrons. The zero-order valence-electron chi connectivity index (χ0n) is 10.1. The van der Waals surface area contributed by atoms with Crippen LogP contribution in [0.25, 0.3) is 0 Å². The largest absolute Gasteiger partial charge is 0.293 e. The Balaban J connectivity index is 1.77. The number of alkyl halides is 1. The average molecular weight is 333 g/mol. The van der Waals surface area contributed by atoms with Crippen LogP contribution in [0.4, 0.5) is 4.39 Å². The van der Waals surface area contributed by atoms with Crippen LogP contribution in [0.1, 0.15) is 31.2 Å². The summed E-state index contributed by atoms with van der Waals surface area (Å²) in [7, 11) is 0. The van der Waals surface area contributed by atoms with E-state index in [4.69, 9.17) is 11.6 Å². The first-order chi connectivity index (χ1) is 8.61. The van der Waals surface area contributed by atoms with Gasteiger partial charge in [0.15, 0.2) is 0 Å². The van der Waals surface area contributed by atoms with Crippen LogP contribution in [0.3, 0.4) is 0 Å². The molecule has 0 aromatic heterocycles. The highest BCUT2D eigenvalue weighted by Gasteiger charge is 2.39. The summed E-state index contributed by atoms with van der Waals surface area (Å²) < 4.78 is 14.2. The van der Waals surface area contributed by atoms with Gasteiger partial charge in [0.25, 0.3) is 0 Å². The van der Waals surface area contributed by atoms with E-state index in [0.717, 1.165) is 29.4 Å². The van der Waals surface area contributed by atoms with Crippen LogP contribution in [0, 0.1) is 5.82 Å². The molecule has 1 nitrogen and oxygen atoms in total. The van der Waals surface area contributed by atoms with Gasteiger partial charge >= 0.3 is 0 Å². The first kappa shape index (κ1) is 12.9. The number of hydrogen-bond acceptors (Lipinski definition) is 1. The highest BCUT2D eigenvalue weighted by molar-refractivity contribution is 9.10. The Morgan fingerprint density at radius 3 is 2.50 bits per heavy atom. The third kappa shape index (κ3) is 2.59. The zero-order valence-corrected chi connectivity index (χ0v) is 12.4. The van der Waals surface area contributed by atoms with Gasteiger partial charge < -0.3 is 0 Å². The molecule has 2 aliphatic rings. The topological polar surface area (TPSA) is 3.24 Å². The summed E-state index contributed by atoms with van der Waals surface area (Å²) in [4.78, 5) is 2.51. The molecule has 1 aromatic rings. The van der Waals surface area contributed by atoms with Crippen LogP contribution in [0.2, 0.25) is 0 Å². The molecule has 1 aromatic carbocycles. The maximum Gasteiger partial charge on any atom is 0.124 e. The number of benzene rings is 1. The van der Waals surface area contributed by atoms with E-state index in [0.29, 0.717) is 17.5 Å². The normalized spacial score (nSPS) is 31.8. The summed E-state index contributed by atoms with van der Waals surface area (Å²) >= 11 is 9.62. The first-order valence-corrected chi connectivity index (χ1v) is 7.69. The molecule has 2 heterocycles. The Kier molecular flexibility index (Phi) is 3.65. The van der Waals surface area contributed by atoms with Gasteiger partial charge in [0.2, 0.25) is 0 Å². The Hall–Kier alpha value is -0.120. The predicted molar refractivity (Wildman–Crippen MR) is 75.3 cm³/mol. The van der Waals surface area contributed by atoms with Crippen molar-refractivity contribution in [3.8, 4) is 0 Å². The van der Waals surface area contributed by atoms with Gasteiger partial charge in [-0.05, 0) is 49.4 Å². The third-order valence-corrected chi connectivity index (χ3v) is 4.93. The minimum Gasteiger partial charge on any atom is -0.293 e. The Morgan fingerprint density at radius 2 is 1.89 bits per heavy atom. The lowest BCUT2D eigenvalue weighted by molar-refractivity contribution is 0.134. The van der Waals surface area contributed by atoms with Crippen molar-refractivity contribution < 1.29 is 4.39 Å². The van der Waals surface area contributed by atoms with Crippen molar-refractivity contribution in [3.05, 3.63) is 34.1 Å². The van der Waals surface area contributed by atoms with Crippen LogP contribution < -0.4 is 0 Å². The second kappa shape index (κ2) is 5.10. The van der Waals surface area contributed by atoms with Gasteiger partial charge in [-0.15, -0.1) is 11.6 Å². The van der Waals surface area contributed by atoms with E-state index in [2.05, 4.69) is 20.8 Å². The van der Waals surface area contributed by atoms with Gasteiger partial charge in [0.1, 0.15) is 5.82 Å². The second-order valence-corrected chi connectivity index (χ2v) is 6.94. The third-order valence-electron chi connectivity index (χ3n) is 4.11. The molecule has 0 amide bonds. The second-order valence-electron chi connectivity index (χ2n) is 5.40. The van der Waals surface area contributed by atoms with E-state index in [1.807, 2.05) is 6.07 Å². The standard InChI is InChI=1S/C14H16BrClFN/c15-10-3-9(4-12(17)5-10)8-18-13-1-2-14(18)7-11(16)6-13/h3-5,11,13-14H,1-2,6-8H2. The number of fused-ring (bicyclic) bond motifs is 2. The zero-order chi connectivity index (χ0) is 12.7. The average Bonchev–Trinajstić information content (AvgIpc) is 2.53. The van der Waals surface area contributed by atoms with Crippen molar-refractivity contribution in [2.24, 2.45) is 0 Å². The number of hydrogen-bond donors (Lipinski definition) is 0. The van der Waals surface area contributed by atoms with Crippen LogP contribution in [0.5, 0.6) is 0 Å². The molecule has 4 heteroatoms. The van der Waals surface area contributed by atoms with Gasteiger partial charge in [0.05, 0.1) is 0 Å². The minimum absolute atomic E-state index is 0.168. The molecule has 3 rings (SSSR count). The summed E-state index contributed by atoms with van der Waals surface area (Å²) in [6.07, 6.45) is 4.64. The van der Waals surface area contributed by atoms with Crippen molar-refractivity contribution in [2.75, 3.05) is 0 Å². The van der Waals surface area contributed by atoms with Crippen LogP contribution >= 0.6 is 27.5 Å². The van der Waals surface area contributed by atoms with Crippen molar-refractivity contribution in [1.82, 2.24) is 4.90 Å². The highest BCUT2D eigenvalue weighted by atomic mass is 79.9. The van der Waals surface area contributed by atoms with Gasteiger partial charge in [-0.2, -0.15) is 0 Å². The number of halogens is 3. The smallest absolute Gasteiger partial charge is 0.124 e. The van der Waals surface area contributed by atoms with E-state index < -0.39 is 0 Å². The van der Waals surface area contributed by atoms with Crippen molar-refractivity contribution in [1.29, 1.82) is 0 Å². The van der Waals surface area contributed by atoms with Gasteiger partial charge in [-0.3, -0.25) is 4.90 Å². The van der Waals surface area contributed by atoms with Crippen molar-refractivity contribution in [2.45, 2.75) is 49.7 Å². The lowest BCUT2D eigenvalue weighted by Gasteiger charge is -2.37. The van der Waals surface area contributed by atoms with Crippen molar-refractivity contribution in [3.63, 3.8) is 0 Å². The predicted octanol–water partition coefficient (Wildman–Crippen LogP) is 4.32. The molecule has 2 atom stereocenters. The Labute approximate surface area is 120 Å². The lowest BCUT2D eigenvalue weighted by atomic mass is 10.0. The Morgan fingerprint density at radius 1 is 1.22 bits per heavy atom.